The van der Waals surface area contributed by atoms with Gasteiger partial charge in [0.25, 0.3) is 0 Å². The maximum Gasteiger partial charge on any atom is 0.407 e. The molecule has 2 unspecified atom stereocenters. The lowest BCUT2D eigenvalue weighted by Crippen LogP contribution is -2.37. The molecule has 2 amide bonds. The van der Waals surface area contributed by atoms with Crippen LogP contribution in [0, 0.1) is 17.8 Å². The minimum Gasteiger partial charge on any atom is -0.481 e. The standard InChI is InChI=1S/C28H32N2O5/c31-26(29-15-18-6-5-11-20(18)27(32)33)17-12-13-19(14-17)30-28(34)35-16-25-23-9-3-1-7-21(23)22-8-2-4-10-24(22)25/h1-4,7-10,17-20,25H,5-6,11-16H2,(H,29,31)(H,30,34)(H,32,33)/t17?,18-,19?,20-/m0/s1. The number of alkyl carbamates (subject to hydrolysis) is 1. The number of benzene rings is 2. The van der Waals surface area contributed by atoms with Crippen molar-refractivity contribution < 1.29 is 24.2 Å². The fourth-order valence-corrected chi connectivity index (χ4v) is 6.14. The normalized spacial score (nSPS) is 25.0. The molecule has 3 aliphatic carbocycles. The van der Waals surface area contributed by atoms with Crippen LogP contribution in [-0.2, 0) is 14.3 Å². The number of rotatable bonds is 7. The Morgan fingerprint density at radius 2 is 1.60 bits per heavy atom. The molecule has 0 spiro atoms. The molecule has 0 aromatic heterocycles. The van der Waals surface area contributed by atoms with Crippen molar-refractivity contribution in [2.24, 2.45) is 17.8 Å². The highest BCUT2D eigenvalue weighted by atomic mass is 16.5. The molecule has 0 saturated heterocycles. The SMILES string of the molecule is O=C(NC1CCC(C(=O)NC[C@@H]2CCC[C@@H]2C(=O)O)C1)OCC1c2ccccc2-c2ccccc21. The monoisotopic (exact) mass is 476 g/mol. The topological polar surface area (TPSA) is 105 Å². The Bertz CT molecular complexity index is 1070. The molecule has 35 heavy (non-hydrogen) atoms. The van der Waals surface area contributed by atoms with E-state index in [-0.39, 0.29) is 42.2 Å². The van der Waals surface area contributed by atoms with E-state index < -0.39 is 12.1 Å². The Hall–Kier alpha value is -3.35. The molecule has 184 valence electrons. The van der Waals surface area contributed by atoms with Crippen molar-refractivity contribution >= 4 is 18.0 Å². The Labute approximate surface area is 205 Å². The summed E-state index contributed by atoms with van der Waals surface area (Å²) >= 11 is 0. The number of aliphatic carboxylic acids is 1. The van der Waals surface area contributed by atoms with E-state index in [0.717, 1.165) is 19.3 Å². The van der Waals surface area contributed by atoms with Gasteiger partial charge in [-0.25, -0.2) is 4.79 Å². The Kier molecular flexibility index (Phi) is 6.75. The first kappa shape index (κ1) is 23.4. The second-order valence-electron chi connectivity index (χ2n) is 10.1. The third-order valence-corrected chi connectivity index (χ3v) is 7.98. The first-order valence-corrected chi connectivity index (χ1v) is 12.6. The number of carboxylic acids is 1. The third-order valence-electron chi connectivity index (χ3n) is 7.98. The number of nitrogens with one attached hydrogen (secondary N) is 2. The van der Waals surface area contributed by atoms with Gasteiger partial charge in [-0.15, -0.1) is 0 Å². The molecule has 2 aromatic carbocycles. The van der Waals surface area contributed by atoms with Crippen molar-refractivity contribution in [3.63, 3.8) is 0 Å². The summed E-state index contributed by atoms with van der Waals surface area (Å²) in [7, 11) is 0. The van der Waals surface area contributed by atoms with Gasteiger partial charge < -0.3 is 20.5 Å². The molecule has 2 fully saturated rings. The lowest BCUT2D eigenvalue weighted by molar-refractivity contribution is -0.143. The van der Waals surface area contributed by atoms with Crippen molar-refractivity contribution in [2.45, 2.75) is 50.5 Å². The number of carboxylic acid groups (broad SMARTS) is 1. The van der Waals surface area contributed by atoms with Gasteiger partial charge in [0.1, 0.15) is 6.61 Å². The molecular formula is C28H32N2O5. The molecule has 7 heteroatoms. The zero-order valence-corrected chi connectivity index (χ0v) is 19.7. The average Bonchev–Trinajstić information content (AvgIpc) is 3.59. The fourth-order valence-electron chi connectivity index (χ4n) is 6.14. The largest absolute Gasteiger partial charge is 0.481 e. The summed E-state index contributed by atoms with van der Waals surface area (Å²) in [6, 6.07) is 16.4. The fraction of sp³-hybridized carbons (Fsp3) is 0.464. The third kappa shape index (κ3) is 4.90. The smallest absolute Gasteiger partial charge is 0.407 e. The summed E-state index contributed by atoms with van der Waals surface area (Å²) in [6.45, 7) is 0.680. The molecule has 0 radical (unpaired) electrons. The number of ether oxygens (including phenoxy) is 1. The number of amides is 2. The van der Waals surface area contributed by atoms with Crippen LogP contribution >= 0.6 is 0 Å². The second kappa shape index (κ2) is 10.1. The van der Waals surface area contributed by atoms with E-state index in [1.54, 1.807) is 0 Å². The molecule has 0 bridgehead atoms. The maximum atomic E-state index is 12.6. The molecule has 0 heterocycles. The van der Waals surface area contributed by atoms with Gasteiger partial charge in [-0.2, -0.15) is 0 Å². The van der Waals surface area contributed by atoms with E-state index in [4.69, 9.17) is 4.74 Å². The van der Waals surface area contributed by atoms with Gasteiger partial charge in [0, 0.05) is 24.4 Å². The highest BCUT2D eigenvalue weighted by molar-refractivity contribution is 5.80. The molecular weight excluding hydrogens is 444 g/mol. The van der Waals surface area contributed by atoms with E-state index in [9.17, 15) is 19.5 Å². The van der Waals surface area contributed by atoms with E-state index in [1.165, 1.54) is 22.3 Å². The van der Waals surface area contributed by atoms with Crippen LogP contribution in [0.2, 0.25) is 0 Å². The van der Waals surface area contributed by atoms with Crippen LogP contribution < -0.4 is 10.6 Å². The van der Waals surface area contributed by atoms with Gasteiger partial charge in [-0.3, -0.25) is 9.59 Å². The van der Waals surface area contributed by atoms with Gasteiger partial charge in [0.05, 0.1) is 5.92 Å². The quantitative estimate of drug-likeness (QED) is 0.552. The van der Waals surface area contributed by atoms with Gasteiger partial charge >= 0.3 is 12.1 Å². The molecule has 2 aromatic rings. The summed E-state index contributed by atoms with van der Waals surface area (Å²) < 4.78 is 5.64. The Morgan fingerprint density at radius 1 is 0.914 bits per heavy atom. The molecule has 3 N–H and O–H groups in total. The molecule has 3 aliphatic rings. The summed E-state index contributed by atoms with van der Waals surface area (Å²) in [4.78, 5) is 36.6. The predicted molar refractivity (Wildman–Crippen MR) is 131 cm³/mol. The minimum atomic E-state index is -0.769. The number of hydrogen-bond donors (Lipinski definition) is 3. The van der Waals surface area contributed by atoms with Crippen LogP contribution in [0.4, 0.5) is 4.79 Å². The van der Waals surface area contributed by atoms with Crippen molar-refractivity contribution in [3.05, 3.63) is 59.7 Å². The lowest BCUT2D eigenvalue weighted by atomic mass is 9.96. The summed E-state index contributed by atoms with van der Waals surface area (Å²) in [5.74, 6) is -1.32. The first-order chi connectivity index (χ1) is 17.0. The number of carbonyl (C=O) groups is 3. The number of hydrogen-bond acceptors (Lipinski definition) is 4. The molecule has 2 saturated carbocycles. The second-order valence-corrected chi connectivity index (χ2v) is 10.1. The zero-order valence-electron chi connectivity index (χ0n) is 19.7. The van der Waals surface area contributed by atoms with E-state index >= 15 is 0 Å². The van der Waals surface area contributed by atoms with Crippen LogP contribution in [0.3, 0.4) is 0 Å². The van der Waals surface area contributed by atoms with Crippen LogP contribution in [0.1, 0.15) is 55.6 Å². The Morgan fingerprint density at radius 3 is 2.29 bits per heavy atom. The maximum absolute atomic E-state index is 12.6. The van der Waals surface area contributed by atoms with Crippen LogP contribution in [0.15, 0.2) is 48.5 Å². The van der Waals surface area contributed by atoms with Crippen molar-refractivity contribution in [1.82, 2.24) is 10.6 Å². The molecule has 4 atom stereocenters. The highest BCUT2D eigenvalue weighted by Gasteiger charge is 2.35. The first-order valence-electron chi connectivity index (χ1n) is 12.6. The van der Waals surface area contributed by atoms with Crippen LogP contribution in [-0.4, -0.2) is 42.3 Å². The Balaban J connectivity index is 1.09. The summed E-state index contributed by atoms with van der Waals surface area (Å²) in [6.07, 6.45) is 3.97. The minimum absolute atomic E-state index is 0.00704. The van der Waals surface area contributed by atoms with E-state index in [0.29, 0.717) is 25.8 Å². The number of fused-ring (bicyclic) bond motifs is 3. The molecule has 0 aliphatic heterocycles. The predicted octanol–water partition coefficient (Wildman–Crippen LogP) is 4.31. The summed E-state index contributed by atoms with van der Waals surface area (Å²) in [5.41, 5.74) is 4.72. The van der Waals surface area contributed by atoms with Gasteiger partial charge in [0.2, 0.25) is 5.91 Å². The molecule has 5 rings (SSSR count). The van der Waals surface area contributed by atoms with E-state index in [2.05, 4.69) is 34.9 Å². The van der Waals surface area contributed by atoms with Crippen molar-refractivity contribution in [2.75, 3.05) is 13.2 Å². The number of carbonyl (C=O) groups excluding carboxylic acids is 2. The lowest BCUT2D eigenvalue weighted by Gasteiger charge is -2.19. The van der Waals surface area contributed by atoms with Crippen molar-refractivity contribution in [3.8, 4) is 11.1 Å². The average molecular weight is 477 g/mol. The van der Waals surface area contributed by atoms with E-state index in [1.807, 2.05) is 24.3 Å². The zero-order chi connectivity index (χ0) is 24.4. The van der Waals surface area contributed by atoms with Gasteiger partial charge in [-0.1, -0.05) is 55.0 Å². The molecule has 7 nitrogen and oxygen atoms in total. The highest BCUT2D eigenvalue weighted by Crippen LogP contribution is 2.44. The van der Waals surface area contributed by atoms with Gasteiger partial charge in [0.15, 0.2) is 0 Å². The van der Waals surface area contributed by atoms with Crippen LogP contribution in [0.5, 0.6) is 0 Å². The van der Waals surface area contributed by atoms with Crippen LogP contribution in [0.25, 0.3) is 11.1 Å². The van der Waals surface area contributed by atoms with Gasteiger partial charge in [-0.05, 0) is 60.3 Å². The van der Waals surface area contributed by atoms with Crippen molar-refractivity contribution in [1.29, 1.82) is 0 Å². The summed E-state index contributed by atoms with van der Waals surface area (Å²) in [5, 5.41) is 15.2.